The van der Waals surface area contributed by atoms with E-state index in [1.54, 1.807) is 0 Å². The Balaban J connectivity index is 2.35. The number of anilines is 1. The van der Waals surface area contributed by atoms with Gasteiger partial charge in [-0.15, -0.1) is 11.3 Å². The Morgan fingerprint density at radius 2 is 2.00 bits per heavy atom. The van der Waals surface area contributed by atoms with Crippen LogP contribution in [0.2, 0.25) is 5.02 Å². The lowest BCUT2D eigenvalue weighted by molar-refractivity contribution is 0.0702. The second-order valence-corrected chi connectivity index (χ2v) is 7.03. The van der Waals surface area contributed by atoms with Gasteiger partial charge in [0.05, 0.1) is 10.7 Å². The molecule has 0 atom stereocenters. The van der Waals surface area contributed by atoms with E-state index in [0.29, 0.717) is 11.3 Å². The molecule has 0 aliphatic heterocycles. The number of aromatic carboxylic acids is 1. The highest BCUT2D eigenvalue weighted by atomic mass is 35.5. The van der Waals surface area contributed by atoms with Crippen LogP contribution in [0.15, 0.2) is 34.5 Å². The van der Waals surface area contributed by atoms with Crippen molar-refractivity contribution in [2.75, 3.05) is 4.72 Å². The van der Waals surface area contributed by atoms with Crippen LogP contribution >= 0.6 is 22.9 Å². The van der Waals surface area contributed by atoms with Gasteiger partial charge < -0.3 is 5.11 Å². The van der Waals surface area contributed by atoms with E-state index in [1.165, 1.54) is 18.2 Å². The second-order valence-electron chi connectivity index (χ2n) is 3.63. The molecule has 0 radical (unpaired) electrons. The van der Waals surface area contributed by atoms with Gasteiger partial charge in [-0.3, -0.25) is 4.72 Å². The molecule has 1 heterocycles. The molecule has 0 saturated heterocycles. The molecule has 5 nitrogen and oxygen atoms in total. The maximum atomic E-state index is 13.6. The van der Waals surface area contributed by atoms with Crippen LogP contribution in [0.4, 0.5) is 10.1 Å². The van der Waals surface area contributed by atoms with Crippen molar-refractivity contribution in [1.29, 1.82) is 0 Å². The summed E-state index contributed by atoms with van der Waals surface area (Å²) in [5.41, 5.74) is -0.303. The maximum Gasteiger partial charge on any atom is 0.345 e. The molecule has 0 unspecified atom stereocenters. The normalized spacial score (nSPS) is 11.3. The molecule has 0 aliphatic carbocycles. The fourth-order valence-electron chi connectivity index (χ4n) is 1.36. The monoisotopic (exact) mass is 335 g/mol. The first-order valence-electron chi connectivity index (χ1n) is 5.11. The van der Waals surface area contributed by atoms with Crippen LogP contribution in [0.1, 0.15) is 9.67 Å². The number of carbonyl (C=O) groups is 1. The van der Waals surface area contributed by atoms with Crippen molar-refractivity contribution in [3.8, 4) is 0 Å². The molecule has 0 saturated carbocycles. The van der Waals surface area contributed by atoms with Crippen LogP contribution in [0.3, 0.4) is 0 Å². The highest BCUT2D eigenvalue weighted by molar-refractivity contribution is 7.94. The zero-order valence-corrected chi connectivity index (χ0v) is 12.0. The summed E-state index contributed by atoms with van der Waals surface area (Å²) in [6.07, 6.45) is 0. The minimum atomic E-state index is -4.06. The van der Waals surface area contributed by atoms with E-state index in [2.05, 4.69) is 0 Å². The standard InChI is InChI=1S/C11H7ClFNO4S2/c12-6-2-1-3-7(10(6)13)14-20(17,18)9-5-4-8(19-9)11(15)16/h1-5,14H,(H,15,16). The predicted octanol–water partition coefficient (Wildman–Crippen LogP) is 3.04. The molecule has 0 aliphatic rings. The molecule has 1 aromatic carbocycles. The van der Waals surface area contributed by atoms with Gasteiger partial charge in [0.15, 0.2) is 5.82 Å². The fourth-order valence-corrected chi connectivity index (χ4v) is 3.74. The summed E-state index contributed by atoms with van der Waals surface area (Å²) < 4.78 is 39.4. The minimum Gasteiger partial charge on any atom is -0.477 e. The van der Waals surface area contributed by atoms with Crippen LogP contribution in [-0.4, -0.2) is 19.5 Å². The third kappa shape index (κ3) is 2.92. The van der Waals surface area contributed by atoms with E-state index in [4.69, 9.17) is 16.7 Å². The quantitative estimate of drug-likeness (QED) is 0.899. The molecular formula is C11H7ClFNO4S2. The second kappa shape index (κ2) is 5.39. The number of rotatable bonds is 4. The molecule has 0 spiro atoms. The van der Waals surface area contributed by atoms with Gasteiger partial charge in [0.2, 0.25) is 0 Å². The predicted molar refractivity (Wildman–Crippen MR) is 73.5 cm³/mol. The number of sulfonamides is 1. The molecule has 1 aromatic heterocycles. The van der Waals surface area contributed by atoms with Gasteiger partial charge in [0, 0.05) is 0 Å². The van der Waals surface area contributed by atoms with Gasteiger partial charge in [-0.05, 0) is 24.3 Å². The number of carboxylic acids is 1. The van der Waals surface area contributed by atoms with Gasteiger partial charge in [-0.25, -0.2) is 17.6 Å². The molecular weight excluding hydrogens is 329 g/mol. The van der Waals surface area contributed by atoms with Crippen LogP contribution in [0, 0.1) is 5.82 Å². The highest BCUT2D eigenvalue weighted by Gasteiger charge is 2.21. The van der Waals surface area contributed by atoms with E-state index in [-0.39, 0.29) is 19.8 Å². The zero-order valence-electron chi connectivity index (χ0n) is 9.63. The summed E-state index contributed by atoms with van der Waals surface area (Å²) >= 11 is 6.12. The van der Waals surface area contributed by atoms with Crippen LogP contribution in [0.25, 0.3) is 0 Å². The van der Waals surface area contributed by atoms with Crippen molar-refractivity contribution in [1.82, 2.24) is 0 Å². The van der Waals surface area contributed by atoms with E-state index in [0.717, 1.165) is 12.1 Å². The lowest BCUT2D eigenvalue weighted by Gasteiger charge is -2.07. The van der Waals surface area contributed by atoms with Crippen molar-refractivity contribution in [2.45, 2.75) is 4.21 Å². The van der Waals surface area contributed by atoms with Crippen molar-refractivity contribution < 1.29 is 22.7 Å². The Kier molecular flexibility index (Phi) is 3.98. The number of halogens is 2. The molecule has 0 bridgehead atoms. The van der Waals surface area contributed by atoms with E-state index >= 15 is 0 Å². The molecule has 2 aromatic rings. The van der Waals surface area contributed by atoms with Crippen LogP contribution in [-0.2, 0) is 10.0 Å². The van der Waals surface area contributed by atoms with Gasteiger partial charge in [0.25, 0.3) is 10.0 Å². The largest absolute Gasteiger partial charge is 0.477 e. The molecule has 9 heteroatoms. The number of hydrogen-bond acceptors (Lipinski definition) is 4. The Morgan fingerprint density at radius 1 is 1.30 bits per heavy atom. The van der Waals surface area contributed by atoms with Gasteiger partial charge in [-0.1, -0.05) is 17.7 Å². The van der Waals surface area contributed by atoms with E-state index in [9.17, 15) is 17.6 Å². The molecule has 2 rings (SSSR count). The summed E-state index contributed by atoms with van der Waals surface area (Å²) in [7, 11) is -4.06. The first-order valence-corrected chi connectivity index (χ1v) is 7.79. The molecule has 0 fully saturated rings. The summed E-state index contributed by atoms with van der Waals surface area (Å²) in [4.78, 5) is 10.6. The Labute approximate surface area is 122 Å². The van der Waals surface area contributed by atoms with Crippen molar-refractivity contribution in [3.05, 3.63) is 46.0 Å². The van der Waals surface area contributed by atoms with Crippen molar-refractivity contribution in [2.24, 2.45) is 0 Å². The number of benzene rings is 1. The van der Waals surface area contributed by atoms with Gasteiger partial charge in [-0.2, -0.15) is 0 Å². The summed E-state index contributed by atoms with van der Waals surface area (Å²) in [6, 6.07) is 6.18. The first-order chi connectivity index (χ1) is 9.31. The minimum absolute atomic E-state index is 0.128. The van der Waals surface area contributed by atoms with E-state index < -0.39 is 21.8 Å². The van der Waals surface area contributed by atoms with Crippen LogP contribution in [0.5, 0.6) is 0 Å². The molecule has 0 amide bonds. The third-order valence-corrected chi connectivity index (χ3v) is 5.48. The van der Waals surface area contributed by atoms with Gasteiger partial charge >= 0.3 is 5.97 Å². The molecule has 2 N–H and O–H groups in total. The number of thiophene rings is 1. The third-order valence-electron chi connectivity index (χ3n) is 2.25. The Hall–Kier alpha value is -1.64. The maximum absolute atomic E-state index is 13.6. The number of carboxylic acid groups (broad SMARTS) is 1. The summed E-state index contributed by atoms with van der Waals surface area (Å²) in [5, 5.41) is 8.53. The zero-order chi connectivity index (χ0) is 14.9. The number of hydrogen-bond donors (Lipinski definition) is 2. The highest BCUT2D eigenvalue weighted by Crippen LogP contribution is 2.27. The number of nitrogens with one attached hydrogen (secondary N) is 1. The molecule has 20 heavy (non-hydrogen) atoms. The lowest BCUT2D eigenvalue weighted by Crippen LogP contribution is -2.12. The first kappa shape index (κ1) is 14.8. The van der Waals surface area contributed by atoms with Crippen molar-refractivity contribution in [3.63, 3.8) is 0 Å². The summed E-state index contributed by atoms with van der Waals surface area (Å²) in [5.74, 6) is -2.13. The SMILES string of the molecule is O=C(O)c1ccc(S(=O)(=O)Nc2cccc(Cl)c2F)s1. The van der Waals surface area contributed by atoms with Gasteiger partial charge in [0.1, 0.15) is 9.09 Å². The summed E-state index contributed by atoms with van der Waals surface area (Å²) in [6.45, 7) is 0. The topological polar surface area (TPSA) is 83.5 Å². The van der Waals surface area contributed by atoms with Crippen molar-refractivity contribution >= 4 is 44.6 Å². The Bertz CT molecular complexity index is 772. The fraction of sp³-hybridized carbons (Fsp3) is 0. The molecule has 106 valence electrons. The smallest absolute Gasteiger partial charge is 0.345 e. The van der Waals surface area contributed by atoms with Crippen LogP contribution < -0.4 is 4.72 Å². The lowest BCUT2D eigenvalue weighted by atomic mass is 10.3. The Morgan fingerprint density at radius 3 is 2.60 bits per heavy atom. The average molecular weight is 336 g/mol. The average Bonchev–Trinajstić information content (AvgIpc) is 2.85. The van der Waals surface area contributed by atoms with E-state index in [1.807, 2.05) is 4.72 Å².